The third-order valence-corrected chi connectivity index (χ3v) is 7.83. The molecule has 1 unspecified atom stereocenters. The molecule has 4 rings (SSSR count). The molecule has 0 amide bonds. The van der Waals surface area contributed by atoms with Crippen molar-refractivity contribution in [3.8, 4) is 11.5 Å². The van der Waals surface area contributed by atoms with E-state index in [2.05, 4.69) is 6.92 Å². The molecule has 42 heavy (non-hydrogen) atoms. The van der Waals surface area contributed by atoms with E-state index in [4.69, 9.17) is 9.47 Å². The lowest BCUT2D eigenvalue weighted by atomic mass is 9.82. The zero-order valence-electron chi connectivity index (χ0n) is 24.4. The number of allylic oxidation sites excluding steroid dienone is 2. The Morgan fingerprint density at radius 2 is 1.45 bits per heavy atom. The number of aryl methyl sites for hydroxylation is 2. The minimum absolute atomic E-state index is 0.0839. The summed E-state index contributed by atoms with van der Waals surface area (Å²) in [6, 6.07) is 10.9. The van der Waals surface area contributed by atoms with Gasteiger partial charge in [-0.3, -0.25) is 0 Å². The molecule has 1 aliphatic carbocycles. The molecule has 0 saturated carbocycles. The highest BCUT2D eigenvalue weighted by atomic mass is 19.2. The molecule has 0 N–H and O–H groups in total. The quantitative estimate of drug-likeness (QED) is 0.138. The van der Waals surface area contributed by atoms with E-state index >= 15 is 4.39 Å². The average Bonchev–Trinajstić information content (AvgIpc) is 2.99. The van der Waals surface area contributed by atoms with E-state index in [0.717, 1.165) is 31.3 Å². The Kier molecular flexibility index (Phi) is 11.4. The van der Waals surface area contributed by atoms with Crippen molar-refractivity contribution < 1.29 is 31.4 Å². The van der Waals surface area contributed by atoms with Gasteiger partial charge in [-0.05, 0) is 91.3 Å². The summed E-state index contributed by atoms with van der Waals surface area (Å²) >= 11 is 0. The first-order valence-corrected chi connectivity index (χ1v) is 15.0. The van der Waals surface area contributed by atoms with Crippen LogP contribution in [0.4, 0.5) is 22.0 Å². The van der Waals surface area contributed by atoms with Crippen molar-refractivity contribution in [2.75, 3.05) is 13.2 Å². The lowest BCUT2D eigenvalue weighted by molar-refractivity contribution is 0.284. The maximum Gasteiger partial charge on any atom is 0.200 e. The minimum Gasteiger partial charge on any atom is -0.490 e. The van der Waals surface area contributed by atoms with Crippen molar-refractivity contribution in [3.63, 3.8) is 0 Å². The van der Waals surface area contributed by atoms with Crippen molar-refractivity contribution >= 4 is 5.57 Å². The maximum absolute atomic E-state index is 15.1. The highest BCUT2D eigenvalue weighted by Gasteiger charge is 2.24. The van der Waals surface area contributed by atoms with Gasteiger partial charge >= 0.3 is 0 Å². The number of halogens is 5. The number of ether oxygens (including phenoxy) is 2. The van der Waals surface area contributed by atoms with Gasteiger partial charge in [-0.15, -0.1) is 0 Å². The summed E-state index contributed by atoms with van der Waals surface area (Å²) in [5.41, 5.74) is 2.47. The summed E-state index contributed by atoms with van der Waals surface area (Å²) in [4.78, 5) is 0. The van der Waals surface area contributed by atoms with Gasteiger partial charge in [-0.25, -0.2) is 13.2 Å². The third kappa shape index (κ3) is 7.73. The molecule has 0 bridgehead atoms. The summed E-state index contributed by atoms with van der Waals surface area (Å²) in [6.07, 6.45) is 8.61. The fourth-order valence-electron chi connectivity index (χ4n) is 5.39. The second kappa shape index (κ2) is 15.2. The summed E-state index contributed by atoms with van der Waals surface area (Å²) < 4.78 is 84.2. The van der Waals surface area contributed by atoms with Crippen LogP contribution >= 0.6 is 0 Å². The van der Waals surface area contributed by atoms with Gasteiger partial charge in [-0.2, -0.15) is 8.78 Å². The van der Waals surface area contributed by atoms with Crippen LogP contribution in [-0.2, 0) is 12.8 Å². The number of unbranched alkanes of at least 4 members (excludes halogenated alkanes) is 3. The standard InChI is InChI=1S/C35H39F5O2/c1-3-5-6-7-21-42-30-18-15-26(32(37)34(30)39)10-8-23-9-16-27(29(36)22-23)24-11-13-25(14-12-24)28-17-19-31(41-20-4-2)35(40)33(28)38/h9,11,15-19,22,25H,3-8,10,12-14,20-21H2,1-2H3. The summed E-state index contributed by atoms with van der Waals surface area (Å²) in [7, 11) is 0. The van der Waals surface area contributed by atoms with Gasteiger partial charge in [0.2, 0.25) is 11.6 Å². The van der Waals surface area contributed by atoms with Crippen LogP contribution in [-0.4, -0.2) is 13.2 Å². The molecule has 7 heteroatoms. The lowest BCUT2D eigenvalue weighted by Crippen LogP contribution is -2.09. The highest BCUT2D eigenvalue weighted by Crippen LogP contribution is 2.39. The van der Waals surface area contributed by atoms with Crippen LogP contribution in [0.3, 0.4) is 0 Å². The monoisotopic (exact) mass is 586 g/mol. The van der Waals surface area contributed by atoms with E-state index in [0.29, 0.717) is 62.0 Å². The molecule has 226 valence electrons. The van der Waals surface area contributed by atoms with Crippen LogP contribution in [0.1, 0.15) is 93.4 Å². The molecule has 1 aliphatic rings. The number of benzene rings is 3. The lowest BCUT2D eigenvalue weighted by Gasteiger charge is -2.24. The Balaban J connectivity index is 1.36. The molecule has 0 aliphatic heterocycles. The first kappa shape index (κ1) is 31.6. The van der Waals surface area contributed by atoms with Gasteiger partial charge in [0.15, 0.2) is 23.1 Å². The van der Waals surface area contributed by atoms with Gasteiger partial charge in [0, 0.05) is 5.56 Å². The van der Waals surface area contributed by atoms with E-state index in [1.54, 1.807) is 18.2 Å². The SMILES string of the molecule is CCCCCCOc1ccc(CCc2ccc(C3=CCC(c4ccc(OCCC)c(F)c4F)CC3)c(F)c2)c(F)c1F. The predicted molar refractivity (Wildman–Crippen MR) is 157 cm³/mol. The molecule has 0 radical (unpaired) electrons. The molecule has 3 aromatic rings. The van der Waals surface area contributed by atoms with Crippen molar-refractivity contribution in [2.45, 2.75) is 84.0 Å². The molecule has 0 saturated heterocycles. The number of hydrogen-bond donors (Lipinski definition) is 0. The predicted octanol–water partition coefficient (Wildman–Crippen LogP) is 10.3. The fourth-order valence-corrected chi connectivity index (χ4v) is 5.39. The first-order chi connectivity index (χ1) is 20.3. The van der Waals surface area contributed by atoms with E-state index in [1.807, 2.05) is 13.0 Å². The average molecular weight is 587 g/mol. The maximum atomic E-state index is 15.1. The Hall–Kier alpha value is -3.35. The van der Waals surface area contributed by atoms with Crippen LogP contribution in [0.5, 0.6) is 11.5 Å². The Bertz CT molecular complexity index is 1380. The normalized spacial score (nSPS) is 15.0. The summed E-state index contributed by atoms with van der Waals surface area (Å²) in [5, 5.41) is 0. The molecule has 0 fully saturated rings. The van der Waals surface area contributed by atoms with E-state index in [9.17, 15) is 17.6 Å². The first-order valence-electron chi connectivity index (χ1n) is 15.0. The molecule has 3 aromatic carbocycles. The van der Waals surface area contributed by atoms with Crippen molar-refractivity contribution in [1.82, 2.24) is 0 Å². The molecule has 0 aromatic heterocycles. The fraction of sp³-hybridized carbons (Fsp3) is 0.429. The number of rotatable bonds is 14. The van der Waals surface area contributed by atoms with Crippen LogP contribution in [0.2, 0.25) is 0 Å². The third-order valence-electron chi connectivity index (χ3n) is 7.83. The van der Waals surface area contributed by atoms with Gasteiger partial charge in [-0.1, -0.05) is 63.5 Å². The molecule has 0 spiro atoms. The summed E-state index contributed by atoms with van der Waals surface area (Å²) in [5.74, 6) is -4.56. The minimum atomic E-state index is -0.990. The topological polar surface area (TPSA) is 18.5 Å². The molecule has 0 heterocycles. The van der Waals surface area contributed by atoms with Crippen LogP contribution < -0.4 is 9.47 Å². The van der Waals surface area contributed by atoms with Gasteiger partial charge in [0.1, 0.15) is 5.82 Å². The van der Waals surface area contributed by atoms with E-state index in [1.165, 1.54) is 24.3 Å². The van der Waals surface area contributed by atoms with E-state index in [-0.39, 0.29) is 29.4 Å². The smallest absolute Gasteiger partial charge is 0.200 e. The Morgan fingerprint density at radius 3 is 2.14 bits per heavy atom. The molecule has 1 atom stereocenters. The van der Waals surface area contributed by atoms with Gasteiger partial charge in [0.05, 0.1) is 13.2 Å². The van der Waals surface area contributed by atoms with Crippen molar-refractivity contribution in [2.24, 2.45) is 0 Å². The second-order valence-electron chi connectivity index (χ2n) is 10.9. The van der Waals surface area contributed by atoms with Crippen LogP contribution in [0.25, 0.3) is 5.57 Å². The zero-order chi connectivity index (χ0) is 30.1. The molecule has 2 nitrogen and oxygen atoms in total. The Morgan fingerprint density at radius 1 is 0.714 bits per heavy atom. The molecular formula is C35H39F5O2. The summed E-state index contributed by atoms with van der Waals surface area (Å²) in [6.45, 7) is 4.64. The van der Waals surface area contributed by atoms with Crippen molar-refractivity contribution in [3.05, 3.63) is 99.9 Å². The molecular weight excluding hydrogens is 547 g/mol. The zero-order valence-corrected chi connectivity index (χ0v) is 24.4. The van der Waals surface area contributed by atoms with E-state index < -0.39 is 29.1 Å². The second-order valence-corrected chi connectivity index (χ2v) is 10.9. The van der Waals surface area contributed by atoms with Gasteiger partial charge in [0.25, 0.3) is 0 Å². The van der Waals surface area contributed by atoms with Crippen LogP contribution in [0.15, 0.2) is 48.5 Å². The Labute approximate surface area is 245 Å². The van der Waals surface area contributed by atoms with Gasteiger partial charge < -0.3 is 9.47 Å². The largest absolute Gasteiger partial charge is 0.490 e. The van der Waals surface area contributed by atoms with Crippen LogP contribution in [0, 0.1) is 29.1 Å². The number of hydrogen-bond acceptors (Lipinski definition) is 2. The van der Waals surface area contributed by atoms with Crippen molar-refractivity contribution in [1.29, 1.82) is 0 Å². The highest BCUT2D eigenvalue weighted by molar-refractivity contribution is 5.67.